The van der Waals surface area contributed by atoms with Crippen LogP contribution in [0.15, 0.2) is 186 Å². The van der Waals surface area contributed by atoms with Gasteiger partial charge in [0.1, 0.15) is 0 Å². The van der Waals surface area contributed by atoms with Crippen molar-refractivity contribution in [3.8, 4) is 17.1 Å². The molecule has 55 heavy (non-hydrogen) atoms. The van der Waals surface area contributed by atoms with E-state index in [1.54, 1.807) is 0 Å². The van der Waals surface area contributed by atoms with Gasteiger partial charge in [-0.2, -0.15) is 0 Å². The first kappa shape index (κ1) is 30.9. The number of rotatable bonds is 3. The van der Waals surface area contributed by atoms with Crippen molar-refractivity contribution in [2.75, 3.05) is 0 Å². The van der Waals surface area contributed by atoms with Crippen LogP contribution in [0, 0.1) is 0 Å². The van der Waals surface area contributed by atoms with Gasteiger partial charge in [-0.15, -0.1) is 0 Å². The summed E-state index contributed by atoms with van der Waals surface area (Å²) in [4.78, 5) is 2.71. The third kappa shape index (κ3) is 4.18. The van der Waals surface area contributed by atoms with Crippen molar-refractivity contribution in [2.45, 2.75) is 29.1 Å². The second-order valence-electron chi connectivity index (χ2n) is 15.3. The van der Waals surface area contributed by atoms with E-state index in [9.17, 15) is 0 Å². The number of benzene rings is 8. The largest absolute Gasteiger partial charge is 0.309 e. The van der Waals surface area contributed by atoms with E-state index < -0.39 is 0 Å². The van der Waals surface area contributed by atoms with Crippen LogP contribution in [0.5, 0.6) is 0 Å². The summed E-state index contributed by atoms with van der Waals surface area (Å²) >= 11 is 1.92. The molecule has 1 aliphatic heterocycles. The van der Waals surface area contributed by atoms with Crippen molar-refractivity contribution in [2.24, 2.45) is 0 Å². The number of hydrogen-bond acceptors (Lipinski definition) is 1. The van der Waals surface area contributed by atoms with E-state index in [0.29, 0.717) is 0 Å². The van der Waals surface area contributed by atoms with Gasteiger partial charge in [-0.05, 0) is 77.9 Å². The molecule has 0 spiro atoms. The van der Waals surface area contributed by atoms with E-state index in [4.69, 9.17) is 0 Å². The van der Waals surface area contributed by atoms with Crippen LogP contribution in [-0.2, 0) is 5.41 Å². The van der Waals surface area contributed by atoms with Gasteiger partial charge in [0.2, 0.25) is 0 Å². The van der Waals surface area contributed by atoms with Gasteiger partial charge in [0, 0.05) is 64.6 Å². The average molecular weight is 722 g/mol. The molecule has 0 radical (unpaired) electrons. The lowest BCUT2D eigenvalue weighted by Gasteiger charge is -2.35. The SMILES string of the molecule is CC1(C)c2ccccc2Sc2c1ccc1c2c2ccccc2n1-c1cccc(-n2c3ccccc3c3ccc4c(c5ccccc5n4-c4ccccc4)c32)c1. The van der Waals surface area contributed by atoms with Gasteiger partial charge in [0.05, 0.1) is 33.1 Å². The standard InChI is InChI=1S/C51H35N3S/c1-51(2)39-22-9-13-26-46(39)55-50-40(51)28-30-45-48(50)38-21-8-12-25-43(38)53(45)33-17-14-18-34(31-33)54-41-23-10-6-19-35(41)36-27-29-44-47(49(36)54)37-20-7-11-24-42(37)52(44)32-15-4-3-5-16-32/h3-31H,1-2H3. The summed E-state index contributed by atoms with van der Waals surface area (Å²) in [6, 6.07) is 64.9. The van der Waals surface area contributed by atoms with Crippen LogP contribution in [0.2, 0.25) is 0 Å². The number of aromatic nitrogens is 3. The predicted molar refractivity (Wildman–Crippen MR) is 232 cm³/mol. The smallest absolute Gasteiger partial charge is 0.0641 e. The number of fused-ring (bicyclic) bond motifs is 13. The molecule has 8 aromatic carbocycles. The summed E-state index contributed by atoms with van der Waals surface area (Å²) in [5.41, 5.74) is 13.4. The Morgan fingerprint density at radius 2 is 0.927 bits per heavy atom. The normalized spacial score (nSPS) is 13.7. The average Bonchev–Trinajstić information content (AvgIpc) is 3.87. The zero-order valence-corrected chi connectivity index (χ0v) is 31.3. The monoisotopic (exact) mass is 721 g/mol. The third-order valence-electron chi connectivity index (χ3n) is 12.1. The number of para-hydroxylation sites is 4. The molecule has 0 unspecified atom stereocenters. The first-order valence-corrected chi connectivity index (χ1v) is 19.9. The third-order valence-corrected chi connectivity index (χ3v) is 13.3. The highest BCUT2D eigenvalue weighted by molar-refractivity contribution is 7.99. The highest BCUT2D eigenvalue weighted by Gasteiger charge is 2.35. The number of hydrogen-bond donors (Lipinski definition) is 0. The lowest BCUT2D eigenvalue weighted by molar-refractivity contribution is 0.609. The zero-order valence-electron chi connectivity index (χ0n) is 30.5. The predicted octanol–water partition coefficient (Wildman–Crippen LogP) is 13.8. The minimum atomic E-state index is -0.0972. The first-order chi connectivity index (χ1) is 27.1. The topological polar surface area (TPSA) is 14.8 Å². The molecule has 0 saturated heterocycles. The summed E-state index contributed by atoms with van der Waals surface area (Å²) in [5, 5.41) is 7.65. The fourth-order valence-corrected chi connectivity index (χ4v) is 11.2. The molecule has 0 amide bonds. The molecule has 0 N–H and O–H groups in total. The van der Waals surface area contributed by atoms with Crippen LogP contribution in [0.3, 0.4) is 0 Å². The molecule has 12 rings (SSSR count). The Balaban J connectivity index is 1.15. The Morgan fingerprint density at radius 1 is 0.382 bits per heavy atom. The molecule has 3 nitrogen and oxygen atoms in total. The molecule has 4 heterocycles. The lowest BCUT2D eigenvalue weighted by Crippen LogP contribution is -2.23. The van der Waals surface area contributed by atoms with Crippen molar-refractivity contribution in [3.05, 3.63) is 187 Å². The van der Waals surface area contributed by atoms with Gasteiger partial charge in [-0.25, -0.2) is 0 Å². The summed E-state index contributed by atoms with van der Waals surface area (Å²) in [6.45, 7) is 4.75. The van der Waals surface area contributed by atoms with Gasteiger partial charge < -0.3 is 13.7 Å². The Kier molecular flexibility index (Phi) is 6.33. The molecule has 0 aliphatic carbocycles. The highest BCUT2D eigenvalue weighted by atomic mass is 32.2. The molecule has 3 aromatic heterocycles. The molecule has 0 bridgehead atoms. The highest BCUT2D eigenvalue weighted by Crippen LogP contribution is 2.53. The zero-order chi connectivity index (χ0) is 36.4. The van der Waals surface area contributed by atoms with E-state index in [-0.39, 0.29) is 5.41 Å². The molecular formula is C51H35N3S. The van der Waals surface area contributed by atoms with Crippen molar-refractivity contribution >= 4 is 77.2 Å². The maximum absolute atomic E-state index is 2.50. The van der Waals surface area contributed by atoms with Gasteiger partial charge >= 0.3 is 0 Å². The molecule has 260 valence electrons. The summed E-state index contributed by atoms with van der Waals surface area (Å²) < 4.78 is 7.40. The summed E-state index contributed by atoms with van der Waals surface area (Å²) in [6.07, 6.45) is 0. The van der Waals surface area contributed by atoms with E-state index >= 15 is 0 Å². The lowest BCUT2D eigenvalue weighted by atomic mass is 9.77. The van der Waals surface area contributed by atoms with Crippen LogP contribution < -0.4 is 0 Å². The van der Waals surface area contributed by atoms with Crippen molar-refractivity contribution in [1.82, 2.24) is 13.7 Å². The van der Waals surface area contributed by atoms with Crippen molar-refractivity contribution in [3.63, 3.8) is 0 Å². The second-order valence-corrected chi connectivity index (χ2v) is 16.4. The maximum atomic E-state index is 2.50. The van der Waals surface area contributed by atoms with Gasteiger partial charge in [-0.1, -0.05) is 135 Å². The van der Waals surface area contributed by atoms with Crippen molar-refractivity contribution < 1.29 is 0 Å². The molecule has 0 saturated carbocycles. The van der Waals surface area contributed by atoms with Crippen molar-refractivity contribution in [1.29, 1.82) is 0 Å². The van der Waals surface area contributed by atoms with Crippen LogP contribution in [0.25, 0.3) is 82.5 Å². The Hall–Kier alpha value is -6.49. The molecule has 0 fully saturated rings. The summed E-state index contributed by atoms with van der Waals surface area (Å²) in [7, 11) is 0. The fraction of sp³-hybridized carbons (Fsp3) is 0.0588. The Morgan fingerprint density at radius 3 is 1.69 bits per heavy atom. The van der Waals surface area contributed by atoms with Crippen LogP contribution in [-0.4, -0.2) is 13.7 Å². The van der Waals surface area contributed by atoms with Crippen LogP contribution in [0.1, 0.15) is 25.0 Å². The minimum absolute atomic E-state index is 0.0972. The second kappa shape index (κ2) is 11.3. The van der Waals surface area contributed by atoms with Crippen LogP contribution >= 0.6 is 11.8 Å². The quantitative estimate of drug-likeness (QED) is 0.177. The van der Waals surface area contributed by atoms with E-state index in [1.165, 1.54) is 86.3 Å². The number of nitrogens with zero attached hydrogens (tertiary/aromatic N) is 3. The minimum Gasteiger partial charge on any atom is -0.309 e. The Labute approximate surface area is 322 Å². The Bertz CT molecular complexity index is 3380. The molecule has 1 aliphatic rings. The van der Waals surface area contributed by atoms with Crippen LogP contribution in [0.4, 0.5) is 0 Å². The maximum Gasteiger partial charge on any atom is 0.0641 e. The first-order valence-electron chi connectivity index (χ1n) is 19.0. The van der Waals surface area contributed by atoms with Gasteiger partial charge in [-0.3, -0.25) is 0 Å². The molecular weight excluding hydrogens is 687 g/mol. The van der Waals surface area contributed by atoms with Gasteiger partial charge in [0.25, 0.3) is 0 Å². The van der Waals surface area contributed by atoms with E-state index in [2.05, 4.69) is 203 Å². The molecule has 4 heteroatoms. The molecule has 0 atom stereocenters. The van der Waals surface area contributed by atoms with Gasteiger partial charge in [0.15, 0.2) is 0 Å². The van der Waals surface area contributed by atoms with E-state index in [1.807, 2.05) is 11.8 Å². The molecule has 11 aromatic rings. The fourth-order valence-electron chi connectivity index (χ4n) is 9.64. The van der Waals surface area contributed by atoms with E-state index in [0.717, 1.165) is 17.1 Å². The summed E-state index contributed by atoms with van der Waals surface area (Å²) in [5.74, 6) is 0.